The summed E-state index contributed by atoms with van der Waals surface area (Å²) < 4.78 is 20.3. The summed E-state index contributed by atoms with van der Waals surface area (Å²) in [4.78, 5) is 23.7. The molecule has 0 bridgehead atoms. The van der Waals surface area contributed by atoms with Gasteiger partial charge in [-0.15, -0.1) is 0 Å². The molecule has 0 heterocycles. The molecule has 0 radical (unpaired) electrons. The molecule has 9 heteroatoms. The number of ketones is 2. The Labute approximate surface area is 308 Å². The molecule has 4 aromatic carbocycles. The molecule has 0 fully saturated rings. The molecule has 2 N–H and O–H groups in total. The molecule has 8 nitrogen and oxygen atoms in total. The first-order valence-corrected chi connectivity index (χ1v) is 15.4. The van der Waals surface area contributed by atoms with Gasteiger partial charge in [-0.1, -0.05) is 72.8 Å². The van der Waals surface area contributed by atoms with Crippen molar-refractivity contribution in [2.24, 2.45) is 0 Å². The Bertz CT molecular complexity index is 1710. The SMILES string of the molecule is COc1ccc(/C=C/C(=O)/C=C(O)/C=C/c2ccc(OC)cc2)cc1.COc1ccc(/C=C/C(=O)/C=C(O)/C=C/c2ccc(OC)cc2)cc1.[Ni]. The summed E-state index contributed by atoms with van der Waals surface area (Å²) in [6.07, 6.45) is 14.9. The molecule has 51 heavy (non-hydrogen) atoms. The van der Waals surface area contributed by atoms with E-state index in [1.807, 2.05) is 97.1 Å². The smallest absolute Gasteiger partial charge is 0.182 e. The number of hydrogen-bond donors (Lipinski definition) is 2. The van der Waals surface area contributed by atoms with Crippen molar-refractivity contribution in [3.05, 3.63) is 167 Å². The topological polar surface area (TPSA) is 112 Å². The number of aliphatic hydroxyl groups excluding tert-OH is 2. The fraction of sp³-hybridized carbons (Fsp3) is 0.0952. The molecule has 4 aromatic rings. The Balaban J connectivity index is 0.000000347. The van der Waals surface area contributed by atoms with Gasteiger partial charge in [-0.2, -0.15) is 0 Å². The van der Waals surface area contributed by atoms with Crippen molar-refractivity contribution in [1.29, 1.82) is 0 Å². The number of hydrogen-bond acceptors (Lipinski definition) is 8. The molecule has 0 aromatic heterocycles. The molecule has 0 aliphatic heterocycles. The van der Waals surface area contributed by atoms with Crippen LogP contribution in [0.15, 0.2) is 145 Å². The molecular formula is C42H40NiO8. The molecule has 0 unspecified atom stereocenters. The number of ether oxygens (including phenoxy) is 4. The van der Waals surface area contributed by atoms with Crippen LogP contribution in [0.5, 0.6) is 23.0 Å². The van der Waals surface area contributed by atoms with Crippen LogP contribution in [0, 0.1) is 0 Å². The maximum atomic E-state index is 11.8. The quantitative estimate of drug-likeness (QED) is 0.0573. The van der Waals surface area contributed by atoms with E-state index in [1.54, 1.807) is 52.7 Å². The van der Waals surface area contributed by atoms with Gasteiger partial charge >= 0.3 is 0 Å². The van der Waals surface area contributed by atoms with Crippen molar-refractivity contribution in [2.45, 2.75) is 0 Å². The molecule has 0 atom stereocenters. The predicted octanol–water partition coefficient (Wildman–Crippen LogP) is 8.88. The van der Waals surface area contributed by atoms with E-state index in [0.717, 1.165) is 45.3 Å². The molecule has 4 rings (SSSR count). The van der Waals surface area contributed by atoms with E-state index in [0.29, 0.717) is 0 Å². The Kier molecular flexibility index (Phi) is 18.2. The molecule has 0 saturated carbocycles. The first-order chi connectivity index (χ1) is 24.2. The van der Waals surface area contributed by atoms with Crippen molar-refractivity contribution in [1.82, 2.24) is 0 Å². The Morgan fingerprint density at radius 3 is 0.843 bits per heavy atom. The van der Waals surface area contributed by atoms with E-state index in [9.17, 15) is 19.8 Å². The van der Waals surface area contributed by atoms with Crippen LogP contribution in [0.2, 0.25) is 0 Å². The Hall–Kier alpha value is -6.05. The number of rotatable bonds is 14. The van der Waals surface area contributed by atoms with Gasteiger partial charge in [-0.25, -0.2) is 0 Å². The van der Waals surface area contributed by atoms with Gasteiger partial charge in [0.15, 0.2) is 11.6 Å². The van der Waals surface area contributed by atoms with Gasteiger partial charge < -0.3 is 29.2 Å². The minimum absolute atomic E-state index is 0. The van der Waals surface area contributed by atoms with Crippen molar-refractivity contribution in [3.8, 4) is 23.0 Å². The molecule has 0 aliphatic rings. The fourth-order valence-electron chi connectivity index (χ4n) is 4.06. The Morgan fingerprint density at radius 2 is 0.627 bits per heavy atom. The van der Waals surface area contributed by atoms with Gasteiger partial charge in [0.05, 0.1) is 28.4 Å². The fourth-order valence-corrected chi connectivity index (χ4v) is 4.06. The average molecular weight is 731 g/mol. The Morgan fingerprint density at radius 1 is 0.412 bits per heavy atom. The van der Waals surface area contributed by atoms with Crippen molar-refractivity contribution in [2.75, 3.05) is 28.4 Å². The summed E-state index contributed by atoms with van der Waals surface area (Å²) in [6, 6.07) is 29.3. The van der Waals surface area contributed by atoms with Crippen LogP contribution < -0.4 is 18.9 Å². The van der Waals surface area contributed by atoms with E-state index in [1.165, 1.54) is 36.5 Å². The number of carbonyl (C=O) groups is 2. The van der Waals surface area contributed by atoms with Crippen LogP contribution in [0.25, 0.3) is 24.3 Å². The van der Waals surface area contributed by atoms with Crippen LogP contribution in [-0.4, -0.2) is 50.2 Å². The molecule has 0 amide bonds. The first-order valence-electron chi connectivity index (χ1n) is 15.4. The maximum absolute atomic E-state index is 11.8. The molecule has 266 valence electrons. The third-order valence-electron chi connectivity index (χ3n) is 6.82. The number of methoxy groups -OCH3 is 4. The van der Waals surface area contributed by atoms with Crippen molar-refractivity contribution in [3.63, 3.8) is 0 Å². The summed E-state index contributed by atoms with van der Waals surface area (Å²) in [7, 11) is 6.40. The molecule has 0 aliphatic carbocycles. The predicted molar refractivity (Wildman–Crippen MR) is 200 cm³/mol. The van der Waals surface area contributed by atoms with Gasteiger partial charge in [0.1, 0.15) is 34.5 Å². The number of allylic oxidation sites excluding steroid dienone is 6. The van der Waals surface area contributed by atoms with E-state index in [-0.39, 0.29) is 39.6 Å². The average Bonchev–Trinajstić information content (AvgIpc) is 3.15. The van der Waals surface area contributed by atoms with Crippen LogP contribution in [0.3, 0.4) is 0 Å². The number of carbonyl (C=O) groups excluding carboxylic acids is 2. The van der Waals surface area contributed by atoms with E-state index in [2.05, 4.69) is 0 Å². The first kappa shape index (κ1) is 41.1. The standard InChI is InChI=1S/2C21H20O4.Ni/c2*1-24-20-11-5-16(6-12-20)3-9-18(22)15-19(23)10-4-17-7-13-21(25-2)14-8-17;/h2*3-15,22H,1-2H3;/b2*9-3+,10-4+,18-15-;. The van der Waals surface area contributed by atoms with Crippen LogP contribution >= 0.6 is 0 Å². The monoisotopic (exact) mass is 730 g/mol. The summed E-state index contributed by atoms with van der Waals surface area (Å²) >= 11 is 0. The molecule has 0 saturated heterocycles. The second-order valence-corrected chi connectivity index (χ2v) is 10.4. The minimum atomic E-state index is -0.298. The normalized spacial score (nSPS) is 11.6. The van der Waals surface area contributed by atoms with Crippen LogP contribution in [0.4, 0.5) is 0 Å². The van der Waals surface area contributed by atoms with Gasteiger partial charge in [-0.3, -0.25) is 9.59 Å². The largest absolute Gasteiger partial charge is 0.508 e. The molecule has 0 spiro atoms. The van der Waals surface area contributed by atoms with Crippen LogP contribution in [-0.2, 0) is 26.1 Å². The van der Waals surface area contributed by atoms with E-state index < -0.39 is 0 Å². The molecular weight excluding hydrogens is 691 g/mol. The van der Waals surface area contributed by atoms with E-state index >= 15 is 0 Å². The van der Waals surface area contributed by atoms with Crippen molar-refractivity contribution < 1.29 is 55.2 Å². The van der Waals surface area contributed by atoms with Gasteiger partial charge in [-0.05, 0) is 95.1 Å². The zero-order valence-electron chi connectivity index (χ0n) is 28.7. The minimum Gasteiger partial charge on any atom is -0.508 e. The number of aliphatic hydroxyl groups is 2. The maximum Gasteiger partial charge on any atom is 0.182 e. The number of benzene rings is 4. The van der Waals surface area contributed by atoms with E-state index in [4.69, 9.17) is 18.9 Å². The van der Waals surface area contributed by atoms with Crippen LogP contribution in [0.1, 0.15) is 22.3 Å². The third-order valence-corrected chi connectivity index (χ3v) is 6.82. The second-order valence-electron chi connectivity index (χ2n) is 10.4. The second kappa shape index (κ2) is 22.6. The summed E-state index contributed by atoms with van der Waals surface area (Å²) in [6.45, 7) is 0. The summed E-state index contributed by atoms with van der Waals surface area (Å²) in [5.41, 5.74) is 3.52. The van der Waals surface area contributed by atoms with Crippen molar-refractivity contribution >= 4 is 35.9 Å². The zero-order valence-corrected chi connectivity index (χ0v) is 29.7. The van der Waals surface area contributed by atoms with Gasteiger partial charge in [0.25, 0.3) is 0 Å². The third kappa shape index (κ3) is 15.8. The van der Waals surface area contributed by atoms with Gasteiger partial charge in [0, 0.05) is 28.6 Å². The summed E-state index contributed by atoms with van der Waals surface area (Å²) in [5, 5.41) is 19.7. The van der Waals surface area contributed by atoms with Gasteiger partial charge in [0.2, 0.25) is 0 Å². The zero-order chi connectivity index (χ0) is 36.1. The summed E-state index contributed by atoms with van der Waals surface area (Å²) in [5.74, 6) is 2.21.